The van der Waals surface area contributed by atoms with Crippen LogP contribution >= 0.6 is 11.6 Å². The molecule has 11 heavy (non-hydrogen) atoms. The lowest BCUT2D eigenvalue weighted by atomic mass is 10.5. The van der Waals surface area contributed by atoms with E-state index in [9.17, 15) is 0 Å². The highest BCUT2D eigenvalue weighted by molar-refractivity contribution is 6.31. The van der Waals surface area contributed by atoms with E-state index in [4.69, 9.17) is 11.6 Å². The van der Waals surface area contributed by atoms with Gasteiger partial charge in [-0.1, -0.05) is 11.6 Å². The van der Waals surface area contributed by atoms with Gasteiger partial charge in [0.05, 0.1) is 5.03 Å². The molecule has 0 aliphatic carbocycles. The Kier molecular flexibility index (Phi) is 4.79. The fourth-order valence-corrected chi connectivity index (χ4v) is 0.761. The Morgan fingerprint density at radius 2 is 1.64 bits per heavy atom. The van der Waals surface area contributed by atoms with Crippen molar-refractivity contribution in [3.05, 3.63) is 23.5 Å². The highest BCUT2D eigenvalue weighted by Gasteiger charge is 1.85. The van der Waals surface area contributed by atoms with E-state index in [2.05, 4.69) is 0 Å². The first-order valence-corrected chi connectivity index (χ1v) is 3.78. The lowest BCUT2D eigenvalue weighted by molar-refractivity contribution is 0.557. The van der Waals surface area contributed by atoms with Crippen molar-refractivity contribution in [1.82, 2.24) is 9.80 Å². The number of halogens is 1. The van der Waals surface area contributed by atoms with E-state index in [0.717, 1.165) is 5.03 Å². The van der Waals surface area contributed by atoms with Gasteiger partial charge >= 0.3 is 0 Å². The summed E-state index contributed by atoms with van der Waals surface area (Å²) in [4.78, 5) is 3.84. The van der Waals surface area contributed by atoms with Crippen molar-refractivity contribution in [2.75, 3.05) is 28.2 Å². The molecular weight excluding hydrogens is 160 g/mol. The van der Waals surface area contributed by atoms with Crippen LogP contribution in [-0.2, 0) is 0 Å². The minimum atomic E-state index is 0.726. The maximum atomic E-state index is 5.83. The van der Waals surface area contributed by atoms with Crippen LogP contribution in [-0.4, -0.2) is 38.0 Å². The van der Waals surface area contributed by atoms with Gasteiger partial charge in [0.25, 0.3) is 0 Å². The minimum Gasteiger partial charge on any atom is -0.383 e. The van der Waals surface area contributed by atoms with Gasteiger partial charge < -0.3 is 9.80 Å². The van der Waals surface area contributed by atoms with Crippen molar-refractivity contribution in [3.8, 4) is 0 Å². The zero-order valence-corrected chi connectivity index (χ0v) is 8.26. The van der Waals surface area contributed by atoms with Crippen LogP contribution in [0.3, 0.4) is 0 Å². The van der Waals surface area contributed by atoms with E-state index in [1.54, 1.807) is 0 Å². The summed E-state index contributed by atoms with van der Waals surface area (Å²) in [7, 11) is 7.78. The molecule has 0 saturated heterocycles. The molecule has 3 heteroatoms. The average Bonchev–Trinajstić information content (AvgIpc) is 1.82. The topological polar surface area (TPSA) is 6.48 Å². The van der Waals surface area contributed by atoms with E-state index < -0.39 is 0 Å². The largest absolute Gasteiger partial charge is 0.383 e. The van der Waals surface area contributed by atoms with E-state index in [0.29, 0.717) is 0 Å². The first-order valence-electron chi connectivity index (χ1n) is 3.40. The summed E-state index contributed by atoms with van der Waals surface area (Å²) >= 11 is 5.83. The molecule has 2 nitrogen and oxygen atoms in total. The summed E-state index contributed by atoms with van der Waals surface area (Å²) in [6.07, 6.45) is 5.60. The summed E-state index contributed by atoms with van der Waals surface area (Å²) in [5.41, 5.74) is 0. The Balaban J connectivity index is 3.95. The third kappa shape index (κ3) is 7.26. The van der Waals surface area contributed by atoms with Crippen molar-refractivity contribution < 1.29 is 0 Å². The highest BCUT2D eigenvalue weighted by Crippen LogP contribution is 2.03. The van der Waals surface area contributed by atoms with Crippen molar-refractivity contribution in [3.63, 3.8) is 0 Å². The van der Waals surface area contributed by atoms with Crippen molar-refractivity contribution in [2.24, 2.45) is 0 Å². The van der Waals surface area contributed by atoms with Crippen LogP contribution in [0.15, 0.2) is 23.5 Å². The van der Waals surface area contributed by atoms with Gasteiger partial charge in [-0.3, -0.25) is 0 Å². The van der Waals surface area contributed by atoms with Gasteiger partial charge in [0, 0.05) is 40.6 Å². The molecule has 0 aromatic rings. The zero-order chi connectivity index (χ0) is 8.85. The number of hydrogen-bond donors (Lipinski definition) is 0. The maximum absolute atomic E-state index is 5.83. The minimum absolute atomic E-state index is 0.726. The molecule has 0 radical (unpaired) electrons. The lowest BCUT2D eigenvalue weighted by Crippen LogP contribution is -2.02. The molecule has 0 aromatic carbocycles. The Morgan fingerprint density at radius 3 is 2.00 bits per heavy atom. The molecule has 64 valence electrons. The van der Waals surface area contributed by atoms with E-state index in [-0.39, 0.29) is 0 Å². The monoisotopic (exact) mass is 174 g/mol. The van der Waals surface area contributed by atoms with Crippen LogP contribution in [0.5, 0.6) is 0 Å². The van der Waals surface area contributed by atoms with E-state index in [1.165, 1.54) is 0 Å². The van der Waals surface area contributed by atoms with Crippen LogP contribution < -0.4 is 0 Å². The van der Waals surface area contributed by atoms with E-state index >= 15 is 0 Å². The third-order valence-electron chi connectivity index (χ3n) is 0.913. The highest BCUT2D eigenvalue weighted by atomic mass is 35.5. The second-order valence-corrected chi connectivity index (χ2v) is 3.19. The zero-order valence-electron chi connectivity index (χ0n) is 7.50. The molecule has 0 amide bonds. The van der Waals surface area contributed by atoms with Gasteiger partial charge in [0.1, 0.15) is 0 Å². The van der Waals surface area contributed by atoms with E-state index in [1.807, 2.05) is 56.5 Å². The summed E-state index contributed by atoms with van der Waals surface area (Å²) < 4.78 is 0. The third-order valence-corrected chi connectivity index (χ3v) is 1.14. The molecule has 0 aliphatic rings. The number of rotatable bonds is 3. The number of nitrogens with zero attached hydrogens (tertiary/aromatic N) is 2. The van der Waals surface area contributed by atoms with Gasteiger partial charge in [-0.2, -0.15) is 0 Å². The van der Waals surface area contributed by atoms with Gasteiger partial charge in [-0.05, 0) is 6.08 Å². The normalized spacial score (nSPS) is 12.3. The van der Waals surface area contributed by atoms with Crippen LogP contribution in [0.2, 0.25) is 0 Å². The van der Waals surface area contributed by atoms with Crippen molar-refractivity contribution >= 4 is 11.6 Å². The van der Waals surface area contributed by atoms with Gasteiger partial charge in [-0.15, -0.1) is 0 Å². The fraction of sp³-hybridized carbons (Fsp3) is 0.500. The molecule has 0 spiro atoms. The van der Waals surface area contributed by atoms with Gasteiger partial charge in [0.2, 0.25) is 0 Å². The molecule has 0 saturated carbocycles. The van der Waals surface area contributed by atoms with Gasteiger partial charge in [0.15, 0.2) is 0 Å². The van der Waals surface area contributed by atoms with Crippen LogP contribution in [0.1, 0.15) is 0 Å². The fourth-order valence-electron chi connectivity index (χ4n) is 0.510. The summed E-state index contributed by atoms with van der Waals surface area (Å²) in [5.74, 6) is 0. The van der Waals surface area contributed by atoms with Crippen LogP contribution in [0.25, 0.3) is 0 Å². The lowest BCUT2D eigenvalue weighted by Gasteiger charge is -2.05. The molecule has 0 heterocycles. The Bertz CT molecular complexity index is 159. The standard InChI is InChI=1S/C8H15ClN2/c1-10(2)6-5-8(9)7-11(3)4/h5-7H,1-4H3/b6-5+,8-7-. The van der Waals surface area contributed by atoms with Crippen LogP contribution in [0, 0.1) is 0 Å². The molecule has 0 N–H and O–H groups in total. The Hall–Kier alpha value is -0.630. The summed E-state index contributed by atoms with van der Waals surface area (Å²) in [6.45, 7) is 0. The predicted molar refractivity (Wildman–Crippen MR) is 50.5 cm³/mol. The molecular formula is C8H15ClN2. The van der Waals surface area contributed by atoms with Crippen molar-refractivity contribution in [2.45, 2.75) is 0 Å². The predicted octanol–water partition coefficient (Wildman–Crippen LogP) is 1.70. The quantitative estimate of drug-likeness (QED) is 0.601. The van der Waals surface area contributed by atoms with Crippen LogP contribution in [0.4, 0.5) is 0 Å². The second-order valence-electron chi connectivity index (χ2n) is 2.76. The summed E-state index contributed by atoms with van der Waals surface area (Å²) in [6, 6.07) is 0. The molecule has 0 bridgehead atoms. The molecule has 0 atom stereocenters. The smallest absolute Gasteiger partial charge is 0.0578 e. The Morgan fingerprint density at radius 1 is 1.09 bits per heavy atom. The molecule has 0 aromatic heterocycles. The van der Waals surface area contributed by atoms with Gasteiger partial charge in [-0.25, -0.2) is 0 Å². The SMILES string of the molecule is CN(C)/C=C(Cl)/C=C/N(C)C. The molecule has 0 aliphatic heterocycles. The first-order chi connectivity index (χ1) is 5.02. The average molecular weight is 175 g/mol. The maximum Gasteiger partial charge on any atom is 0.0578 e. The second kappa shape index (κ2) is 5.08. The molecule has 0 rings (SSSR count). The van der Waals surface area contributed by atoms with Crippen molar-refractivity contribution in [1.29, 1.82) is 0 Å². The molecule has 0 unspecified atom stereocenters. The Labute approximate surface area is 73.7 Å². The number of allylic oxidation sites excluding steroid dienone is 2. The number of hydrogen-bond acceptors (Lipinski definition) is 2. The summed E-state index contributed by atoms with van der Waals surface area (Å²) in [5, 5.41) is 0.726. The first kappa shape index (κ1) is 10.4. The molecule has 0 fully saturated rings.